The van der Waals surface area contributed by atoms with Crippen molar-refractivity contribution in [3.63, 3.8) is 0 Å². The van der Waals surface area contributed by atoms with Crippen LogP contribution in [0.15, 0.2) is 42.5 Å². The molecule has 2 N–H and O–H groups in total. The first-order chi connectivity index (χ1) is 9.15. The zero-order chi connectivity index (χ0) is 13.8. The number of hydrogen-bond acceptors (Lipinski definition) is 4. The fourth-order valence-electron chi connectivity index (χ4n) is 1.82. The number of rotatable bonds is 3. The number of nitrogens with zero attached hydrogens (tertiary/aromatic N) is 2. The minimum absolute atomic E-state index is 0.486. The first kappa shape index (κ1) is 12.8. The molecule has 0 bridgehead atoms. The molecule has 0 spiro atoms. The third kappa shape index (κ3) is 2.61. The summed E-state index contributed by atoms with van der Waals surface area (Å²) in [4.78, 5) is 2.00. The van der Waals surface area contributed by atoms with Crippen LogP contribution in [0.3, 0.4) is 0 Å². The molecule has 0 aliphatic carbocycles. The monoisotopic (exact) mass is 253 g/mol. The van der Waals surface area contributed by atoms with Crippen LogP contribution in [0, 0.1) is 11.3 Å². The van der Waals surface area contributed by atoms with E-state index in [2.05, 4.69) is 6.07 Å². The number of anilines is 3. The molecule has 0 fully saturated rings. The number of nitrogen functional groups attached to an aromatic ring is 1. The Morgan fingerprint density at radius 1 is 1.11 bits per heavy atom. The van der Waals surface area contributed by atoms with E-state index in [1.165, 1.54) is 0 Å². The molecule has 2 rings (SSSR count). The molecule has 96 valence electrons. The molecule has 0 saturated heterocycles. The van der Waals surface area contributed by atoms with Crippen LogP contribution in [0.5, 0.6) is 5.75 Å². The number of nitrogens with two attached hydrogens (primary N) is 1. The molecule has 0 radical (unpaired) electrons. The van der Waals surface area contributed by atoms with E-state index in [1.54, 1.807) is 19.2 Å². The highest BCUT2D eigenvalue weighted by Crippen LogP contribution is 2.27. The van der Waals surface area contributed by atoms with Gasteiger partial charge in [-0.15, -0.1) is 0 Å². The molecular formula is C15H15N3O. The van der Waals surface area contributed by atoms with Gasteiger partial charge in [0.1, 0.15) is 11.8 Å². The number of ether oxygens (including phenoxy) is 1. The molecule has 0 saturated carbocycles. The van der Waals surface area contributed by atoms with E-state index in [1.807, 2.05) is 42.3 Å². The van der Waals surface area contributed by atoms with Gasteiger partial charge in [0.05, 0.1) is 18.4 Å². The maximum atomic E-state index is 8.87. The normalized spacial score (nSPS) is 9.74. The van der Waals surface area contributed by atoms with Crippen LogP contribution in [-0.4, -0.2) is 14.2 Å². The van der Waals surface area contributed by atoms with Crippen LogP contribution in [0.25, 0.3) is 0 Å². The van der Waals surface area contributed by atoms with Crippen molar-refractivity contribution in [3.05, 3.63) is 48.0 Å². The highest BCUT2D eigenvalue weighted by molar-refractivity contribution is 5.69. The third-order valence-electron chi connectivity index (χ3n) is 3.00. The summed E-state index contributed by atoms with van der Waals surface area (Å²) in [7, 11) is 3.59. The SMILES string of the molecule is COc1ccc(N(C)c2ccc(C#N)c(N)c2)cc1. The van der Waals surface area contributed by atoms with E-state index in [0.29, 0.717) is 11.3 Å². The highest BCUT2D eigenvalue weighted by atomic mass is 16.5. The van der Waals surface area contributed by atoms with Crippen molar-refractivity contribution in [2.24, 2.45) is 0 Å². The second kappa shape index (κ2) is 5.32. The molecule has 19 heavy (non-hydrogen) atoms. The lowest BCUT2D eigenvalue weighted by molar-refractivity contribution is 0.415. The lowest BCUT2D eigenvalue weighted by Crippen LogP contribution is -2.09. The fraction of sp³-hybridized carbons (Fsp3) is 0.133. The van der Waals surface area contributed by atoms with Crippen LogP contribution in [0.2, 0.25) is 0 Å². The summed E-state index contributed by atoms with van der Waals surface area (Å²) in [5, 5.41) is 8.87. The van der Waals surface area contributed by atoms with Crippen LogP contribution in [0.4, 0.5) is 17.1 Å². The topological polar surface area (TPSA) is 62.3 Å². The Kier molecular flexibility index (Phi) is 3.58. The average molecular weight is 253 g/mol. The molecule has 2 aromatic rings. The number of benzene rings is 2. The van der Waals surface area contributed by atoms with Gasteiger partial charge in [-0.2, -0.15) is 5.26 Å². The number of methoxy groups -OCH3 is 1. The second-order valence-electron chi connectivity index (χ2n) is 4.14. The van der Waals surface area contributed by atoms with E-state index >= 15 is 0 Å². The van der Waals surface area contributed by atoms with Crippen molar-refractivity contribution in [2.45, 2.75) is 0 Å². The van der Waals surface area contributed by atoms with Gasteiger partial charge in [-0.1, -0.05) is 0 Å². The summed E-state index contributed by atoms with van der Waals surface area (Å²) < 4.78 is 5.13. The van der Waals surface area contributed by atoms with Gasteiger partial charge in [-0.05, 0) is 42.5 Å². The molecule has 0 aliphatic rings. The summed E-state index contributed by atoms with van der Waals surface area (Å²) in [6.45, 7) is 0. The van der Waals surface area contributed by atoms with Crippen molar-refractivity contribution < 1.29 is 4.74 Å². The Hall–Kier alpha value is -2.67. The van der Waals surface area contributed by atoms with Crippen molar-refractivity contribution in [3.8, 4) is 11.8 Å². The molecule has 0 aliphatic heterocycles. The van der Waals surface area contributed by atoms with Crippen molar-refractivity contribution in [1.82, 2.24) is 0 Å². The molecular weight excluding hydrogens is 238 g/mol. The number of nitriles is 1. The van der Waals surface area contributed by atoms with Gasteiger partial charge in [0.15, 0.2) is 0 Å². The lowest BCUT2D eigenvalue weighted by atomic mass is 10.1. The minimum atomic E-state index is 0.486. The molecule has 2 aromatic carbocycles. The molecule has 4 heteroatoms. The van der Waals surface area contributed by atoms with Gasteiger partial charge in [-0.3, -0.25) is 0 Å². The van der Waals surface area contributed by atoms with E-state index in [9.17, 15) is 0 Å². The van der Waals surface area contributed by atoms with E-state index < -0.39 is 0 Å². The van der Waals surface area contributed by atoms with Gasteiger partial charge in [-0.25, -0.2) is 0 Å². The zero-order valence-electron chi connectivity index (χ0n) is 10.9. The van der Waals surface area contributed by atoms with Crippen LogP contribution < -0.4 is 15.4 Å². The maximum Gasteiger partial charge on any atom is 0.119 e. The Balaban J connectivity index is 2.30. The molecule has 0 heterocycles. The quantitative estimate of drug-likeness (QED) is 0.854. The first-order valence-corrected chi connectivity index (χ1v) is 5.83. The Bertz CT molecular complexity index is 614. The predicted molar refractivity (Wildman–Crippen MR) is 76.6 cm³/mol. The van der Waals surface area contributed by atoms with Crippen LogP contribution >= 0.6 is 0 Å². The summed E-state index contributed by atoms with van der Waals surface area (Å²) in [5.41, 5.74) is 8.75. The van der Waals surface area contributed by atoms with Gasteiger partial charge < -0.3 is 15.4 Å². The van der Waals surface area contributed by atoms with Gasteiger partial charge >= 0.3 is 0 Å². The molecule has 0 aromatic heterocycles. The largest absolute Gasteiger partial charge is 0.497 e. The van der Waals surface area contributed by atoms with E-state index in [-0.39, 0.29) is 0 Å². The maximum absolute atomic E-state index is 8.87. The zero-order valence-corrected chi connectivity index (χ0v) is 10.9. The van der Waals surface area contributed by atoms with Crippen molar-refractivity contribution in [1.29, 1.82) is 5.26 Å². The van der Waals surface area contributed by atoms with E-state index in [0.717, 1.165) is 17.1 Å². The highest BCUT2D eigenvalue weighted by Gasteiger charge is 2.06. The summed E-state index contributed by atoms with van der Waals surface area (Å²) in [6, 6.07) is 15.2. The molecule has 0 unspecified atom stereocenters. The van der Waals surface area contributed by atoms with Crippen LogP contribution in [0.1, 0.15) is 5.56 Å². The molecule has 0 amide bonds. The first-order valence-electron chi connectivity index (χ1n) is 5.83. The van der Waals surface area contributed by atoms with Gasteiger partial charge in [0.2, 0.25) is 0 Å². The molecule has 4 nitrogen and oxygen atoms in total. The third-order valence-corrected chi connectivity index (χ3v) is 3.00. The summed E-state index contributed by atoms with van der Waals surface area (Å²) in [6.07, 6.45) is 0. The summed E-state index contributed by atoms with van der Waals surface area (Å²) >= 11 is 0. The second-order valence-corrected chi connectivity index (χ2v) is 4.14. The predicted octanol–water partition coefficient (Wildman–Crippen LogP) is 2.92. The Labute approximate surface area is 112 Å². The Morgan fingerprint density at radius 3 is 2.26 bits per heavy atom. The van der Waals surface area contributed by atoms with Crippen LogP contribution in [-0.2, 0) is 0 Å². The number of hydrogen-bond donors (Lipinski definition) is 1. The Morgan fingerprint density at radius 2 is 1.74 bits per heavy atom. The minimum Gasteiger partial charge on any atom is -0.497 e. The van der Waals surface area contributed by atoms with E-state index in [4.69, 9.17) is 15.7 Å². The van der Waals surface area contributed by atoms with Crippen molar-refractivity contribution in [2.75, 3.05) is 24.8 Å². The van der Waals surface area contributed by atoms with Crippen molar-refractivity contribution >= 4 is 17.1 Å². The summed E-state index contributed by atoms with van der Waals surface area (Å²) in [5.74, 6) is 0.816. The lowest BCUT2D eigenvalue weighted by Gasteiger charge is -2.20. The standard InChI is InChI=1S/C15H15N3O/c1-18(12-5-7-14(19-2)8-6-12)13-4-3-11(10-16)15(17)9-13/h3-9H,17H2,1-2H3. The fourth-order valence-corrected chi connectivity index (χ4v) is 1.82. The average Bonchev–Trinajstić information content (AvgIpc) is 2.46. The van der Waals surface area contributed by atoms with Gasteiger partial charge in [0, 0.05) is 18.4 Å². The van der Waals surface area contributed by atoms with Gasteiger partial charge in [0.25, 0.3) is 0 Å². The smallest absolute Gasteiger partial charge is 0.119 e. The molecule has 0 atom stereocenters.